The van der Waals surface area contributed by atoms with Gasteiger partial charge in [0.25, 0.3) is 6.47 Å². The Labute approximate surface area is 759 Å². The lowest BCUT2D eigenvalue weighted by atomic mass is 9.84. The van der Waals surface area contributed by atoms with Crippen LogP contribution in [0.25, 0.3) is 10.9 Å². The summed E-state index contributed by atoms with van der Waals surface area (Å²) in [5.41, 5.74) is 9.10. The highest BCUT2D eigenvalue weighted by Crippen LogP contribution is 2.27. The quantitative estimate of drug-likeness (QED) is 0.0303. The lowest BCUT2D eigenvalue weighted by molar-refractivity contribution is -0.151. The average molecular weight is 1810 g/mol. The molecule has 690 valence electrons. The van der Waals surface area contributed by atoms with E-state index in [1.54, 1.807) is 143 Å². The number of phenols is 2. The van der Waals surface area contributed by atoms with Gasteiger partial charge < -0.3 is 82.5 Å². The van der Waals surface area contributed by atoms with Crippen LogP contribution in [0.1, 0.15) is 119 Å². The molecule has 0 aliphatic carbocycles. The van der Waals surface area contributed by atoms with Crippen LogP contribution in [-0.2, 0) is 120 Å². The predicted molar refractivity (Wildman–Crippen MR) is 486 cm³/mol. The van der Waals surface area contributed by atoms with Crippen LogP contribution >= 0.6 is 23.4 Å². The van der Waals surface area contributed by atoms with E-state index in [9.17, 15) is 48.6 Å². The number of para-hydroxylation sites is 1. The van der Waals surface area contributed by atoms with Gasteiger partial charge in [-0.15, -0.1) is 11.8 Å². The monoisotopic (exact) mass is 1810 g/mol. The first-order valence-electron chi connectivity index (χ1n) is 43.1. The zero-order valence-electron chi connectivity index (χ0n) is 74.1. The number of halogens is 1. The minimum atomic E-state index is -1.58. The number of rotatable bonds is 25. The number of amides is 12. The molecule has 0 radical (unpaired) electrons. The van der Waals surface area contributed by atoms with Crippen LogP contribution in [0.5, 0.6) is 11.5 Å². The molecule has 6 aromatic carbocycles. The Morgan fingerprint density at radius 2 is 1.02 bits per heavy atom. The first-order valence-corrected chi connectivity index (χ1v) is 44.6. The van der Waals surface area contributed by atoms with Crippen molar-refractivity contribution in [2.45, 2.75) is 179 Å². The Bertz CT molecular complexity index is 5060. The number of thioether (sulfide) groups is 1. The van der Waals surface area contributed by atoms with Crippen LogP contribution in [0.4, 0.5) is 0 Å². The highest BCUT2D eigenvalue weighted by molar-refractivity contribution is 8.00. The number of aromatic nitrogens is 1. The van der Waals surface area contributed by atoms with Gasteiger partial charge in [0, 0.05) is 126 Å². The first-order chi connectivity index (χ1) is 61.5. The normalized spacial score (nSPS) is 22.0. The molecule has 11 atom stereocenters. The van der Waals surface area contributed by atoms with Crippen LogP contribution < -0.4 is 43.0 Å². The Balaban J connectivity index is 1.21. The summed E-state index contributed by atoms with van der Waals surface area (Å²) in [6.45, 7) is 6.72. The Hall–Kier alpha value is -12.8. The second-order valence-electron chi connectivity index (χ2n) is 33.5. The van der Waals surface area contributed by atoms with E-state index in [-0.39, 0.29) is 86.0 Å². The van der Waals surface area contributed by atoms with E-state index in [1.165, 1.54) is 86.5 Å². The standard InChI is InChI=1S/C95H118ClN13O19S/c1-10-11-30-80-94(126)106(6)51-68(113)46-65(53-128-56-110)83(115)49-70(58(4)5)87(119)101-76(47-63-26-18-20-28-71(63)96)91(123)104-77(44-62-33-37-67(112)38-34-62)92(124)107(7)52-85(117)99-75(48-64-50-98-72-29-21-19-27-69(64)72)90(122)103-74(42-61-31-35-66(111)36-32-61)89(121)102-73(41-57(2)3)88(120)105-79(82(114)39-40-84(97)116)54-129-55-86(118)100-78(43-59-22-14-12-15-23-59)93(125)109(9)81(95(127)108(80)8)45-60-24-16-13-17-25-60/h12-29,31-38,50,56-58,65,70,73-81,98,111-112H,10-11,30,39-49,51-55H2,1-9H3,(H2,97,116)(H,99,117)(H,100,118)(H,101,119)(H,102,121)(H,103,122)(H,104,123)(H,105,120)/t65-,70-,73-,74-,75-,76-,77-,78-,79-,80-,81-/m0/s1. The molecule has 32 nitrogen and oxygen atoms in total. The molecule has 8 rings (SSSR count). The number of ether oxygens (including phenoxy) is 1. The molecule has 1 aliphatic heterocycles. The summed E-state index contributed by atoms with van der Waals surface area (Å²) in [4.78, 5) is 242. The Kier molecular flexibility index (Phi) is 39.5. The van der Waals surface area contributed by atoms with Crippen molar-refractivity contribution in [2.75, 3.05) is 59.4 Å². The number of aromatic hydroxyl groups is 2. The SMILES string of the molecule is CCCC[C@H]1C(=O)N(C)CC(=O)C[C@@H](COC=O)C(=O)C[C@@H](C(C)C)C(=O)N[C@@H](Cc2ccccc2Cl)C(=O)N[C@@H](Cc2ccc(O)cc2)C(=O)N(C)CC(=O)N[C@@H](Cc2c[nH]c3ccccc23)C(=O)N[C@@H](Cc2ccc(O)cc2)C(=O)N[C@@H](CC(C)C)C(=O)N[C@H](C(=O)CCC(N)=O)CSCC(=O)N[C@@H](Cc2ccccc2)C(=O)N(C)[C@@H](Cc2ccccc2)C(=O)N1C. The number of H-pyrrole nitrogens is 1. The van der Waals surface area contributed by atoms with E-state index in [4.69, 9.17) is 22.1 Å². The molecule has 129 heavy (non-hydrogen) atoms. The maximum Gasteiger partial charge on any atom is 0.293 e. The van der Waals surface area contributed by atoms with Crippen LogP contribution in [0.2, 0.25) is 5.02 Å². The van der Waals surface area contributed by atoms with Gasteiger partial charge in [-0.25, -0.2) is 0 Å². The molecule has 0 bridgehead atoms. The fraction of sp³-hybridized carbons (Fsp3) is 0.432. The number of benzene rings is 6. The summed E-state index contributed by atoms with van der Waals surface area (Å²) in [6.07, 6.45) is -0.810. The Morgan fingerprint density at radius 3 is 1.60 bits per heavy atom. The zero-order chi connectivity index (χ0) is 94.1. The minimum Gasteiger partial charge on any atom is -0.508 e. The summed E-state index contributed by atoms with van der Waals surface area (Å²) in [5.74, 6) is -16.8. The molecule has 2 heterocycles. The largest absolute Gasteiger partial charge is 0.508 e. The van der Waals surface area contributed by atoms with Crippen molar-refractivity contribution >= 4 is 129 Å². The molecule has 34 heteroatoms. The van der Waals surface area contributed by atoms with E-state index in [0.717, 1.165) is 21.6 Å². The number of phenolic OH excluding ortho intramolecular Hbond substituents is 2. The van der Waals surface area contributed by atoms with Crippen molar-refractivity contribution in [1.82, 2.24) is 61.8 Å². The molecule has 0 spiro atoms. The van der Waals surface area contributed by atoms with Crippen molar-refractivity contribution in [3.8, 4) is 11.5 Å². The molecule has 0 saturated carbocycles. The third kappa shape index (κ3) is 31.3. The molecule has 0 unspecified atom stereocenters. The van der Waals surface area contributed by atoms with E-state index in [1.807, 2.05) is 6.92 Å². The van der Waals surface area contributed by atoms with E-state index < -0.39 is 211 Å². The molecule has 12 amide bonds. The maximum atomic E-state index is 15.5. The van der Waals surface area contributed by atoms with Gasteiger partial charge in [-0.1, -0.05) is 180 Å². The second kappa shape index (κ2) is 50.1. The number of carbonyl (C=O) groups excluding carboxylic acids is 16. The van der Waals surface area contributed by atoms with Crippen molar-refractivity contribution in [1.29, 1.82) is 0 Å². The summed E-state index contributed by atoms with van der Waals surface area (Å²) in [7, 11) is 5.41. The second-order valence-corrected chi connectivity index (χ2v) is 34.9. The fourth-order valence-corrected chi connectivity index (χ4v) is 16.4. The number of nitrogens with one attached hydrogen (secondary N) is 8. The fourth-order valence-electron chi connectivity index (χ4n) is 15.3. The Morgan fingerprint density at radius 1 is 0.519 bits per heavy atom. The number of carbonyl (C=O) groups is 16. The summed E-state index contributed by atoms with van der Waals surface area (Å²) < 4.78 is 5.13. The van der Waals surface area contributed by atoms with Gasteiger partial charge in [0.2, 0.25) is 70.9 Å². The maximum absolute atomic E-state index is 15.5. The number of ketones is 3. The van der Waals surface area contributed by atoms with Crippen LogP contribution in [0.15, 0.2) is 164 Å². The highest BCUT2D eigenvalue weighted by Gasteiger charge is 2.42. The van der Waals surface area contributed by atoms with Gasteiger partial charge in [-0.3, -0.25) is 76.7 Å². The highest BCUT2D eigenvalue weighted by atomic mass is 35.5. The number of hydrogen-bond donors (Lipinski definition) is 11. The molecule has 12 N–H and O–H groups in total. The third-order valence-electron chi connectivity index (χ3n) is 22.6. The van der Waals surface area contributed by atoms with Gasteiger partial charge >= 0.3 is 0 Å². The number of unbranched alkanes of at least 4 members (excludes halogenated alkanes) is 1. The molecular weight excluding hydrogens is 1690 g/mol. The number of Topliss-reactive ketones (excluding diaryl/α,β-unsaturated/α-hetero) is 3. The third-order valence-corrected chi connectivity index (χ3v) is 24.0. The zero-order valence-corrected chi connectivity index (χ0v) is 75.7. The number of likely N-dealkylation sites (N-methyl/N-ethyl adjacent to an activating group) is 4. The van der Waals surface area contributed by atoms with Crippen LogP contribution in [-0.4, -0.2) is 243 Å². The van der Waals surface area contributed by atoms with Crippen molar-refractivity contribution < 1.29 is 91.7 Å². The molecule has 7 aromatic rings. The van der Waals surface area contributed by atoms with Gasteiger partial charge in [-0.2, -0.15) is 0 Å². The smallest absolute Gasteiger partial charge is 0.293 e. The summed E-state index contributed by atoms with van der Waals surface area (Å²) >= 11 is 7.63. The van der Waals surface area contributed by atoms with Gasteiger partial charge in [0.15, 0.2) is 11.6 Å². The number of aromatic amines is 1. The average Bonchev–Trinajstić information content (AvgIpc) is 1.46. The van der Waals surface area contributed by atoms with E-state index >= 15 is 38.4 Å². The number of hydrogen-bond acceptors (Lipinski definition) is 20. The lowest BCUT2D eigenvalue weighted by Gasteiger charge is -2.37. The van der Waals surface area contributed by atoms with Crippen LogP contribution in [0, 0.1) is 23.7 Å². The summed E-state index contributed by atoms with van der Waals surface area (Å²) in [5, 5.41) is 41.0. The van der Waals surface area contributed by atoms with Crippen molar-refractivity contribution in [3.05, 3.63) is 202 Å². The van der Waals surface area contributed by atoms with E-state index in [2.05, 4.69) is 42.2 Å². The first kappa shape index (κ1) is 102. The molecule has 1 saturated heterocycles. The summed E-state index contributed by atoms with van der Waals surface area (Å²) in [6, 6.07) is 29.2. The molecule has 1 aromatic heterocycles. The number of nitrogens with two attached hydrogens (primary N) is 1. The lowest BCUT2D eigenvalue weighted by Crippen LogP contribution is -2.59. The van der Waals surface area contributed by atoms with Crippen LogP contribution in [0.3, 0.4) is 0 Å². The topological polar surface area (TPSA) is 462 Å². The molecule has 1 aliphatic rings. The van der Waals surface area contributed by atoms with Gasteiger partial charge in [0.05, 0.1) is 30.8 Å². The predicted octanol–water partition coefficient (Wildman–Crippen LogP) is 5.75. The number of fused-ring (bicyclic) bond motifs is 1. The van der Waals surface area contributed by atoms with Gasteiger partial charge in [0.1, 0.15) is 72.2 Å². The van der Waals surface area contributed by atoms with Gasteiger partial charge in [-0.05, 0) is 94.5 Å². The number of primary amides is 1. The van der Waals surface area contributed by atoms with Crippen molar-refractivity contribution in [3.63, 3.8) is 0 Å². The molecule has 1 fully saturated rings. The number of nitrogens with zero attached hydrogens (tertiary/aromatic N) is 4. The minimum absolute atomic E-state index is 0.0685. The molecular formula is C95H118ClN13O19S. The van der Waals surface area contributed by atoms with E-state index in [0.29, 0.717) is 57.1 Å². The van der Waals surface area contributed by atoms with Crippen molar-refractivity contribution in [2.24, 2.45) is 29.4 Å².